The minimum atomic E-state index is -1.76. The Morgan fingerprint density at radius 1 is 1.17 bits per heavy atom. The SMILES string of the molecule is CC(C)(C)[Si](C)(C)O[C@@H]1C[C@@H](CO)CN(Cc2ccccc2)C1. The van der Waals surface area contributed by atoms with Crippen LogP contribution in [0.15, 0.2) is 30.3 Å². The van der Waals surface area contributed by atoms with E-state index in [-0.39, 0.29) is 17.7 Å². The maximum atomic E-state index is 9.68. The van der Waals surface area contributed by atoms with Gasteiger partial charge >= 0.3 is 0 Å². The van der Waals surface area contributed by atoms with Gasteiger partial charge < -0.3 is 9.53 Å². The molecule has 0 saturated carbocycles. The second-order valence-corrected chi connectivity index (χ2v) is 13.2. The fourth-order valence-corrected chi connectivity index (χ4v) is 4.39. The van der Waals surface area contributed by atoms with Crippen LogP contribution in [0.4, 0.5) is 0 Å². The van der Waals surface area contributed by atoms with Gasteiger partial charge in [0.25, 0.3) is 0 Å². The van der Waals surface area contributed by atoms with E-state index in [1.54, 1.807) is 0 Å². The Morgan fingerprint density at radius 2 is 1.83 bits per heavy atom. The van der Waals surface area contributed by atoms with Crippen LogP contribution in [0.5, 0.6) is 0 Å². The largest absolute Gasteiger partial charge is 0.413 e. The molecular weight excluding hydrogens is 302 g/mol. The summed E-state index contributed by atoms with van der Waals surface area (Å²) in [6, 6.07) is 10.6. The van der Waals surface area contributed by atoms with Gasteiger partial charge in [0.05, 0.1) is 6.10 Å². The summed E-state index contributed by atoms with van der Waals surface area (Å²) in [6.07, 6.45) is 1.22. The molecule has 1 heterocycles. The number of piperidine rings is 1. The number of aliphatic hydroxyl groups excluding tert-OH is 1. The Bertz CT molecular complexity index is 484. The average molecular weight is 336 g/mol. The highest BCUT2D eigenvalue weighted by molar-refractivity contribution is 6.74. The molecule has 3 nitrogen and oxygen atoms in total. The van der Waals surface area contributed by atoms with E-state index in [0.29, 0.717) is 5.92 Å². The molecule has 1 fully saturated rings. The molecule has 2 atom stereocenters. The minimum absolute atomic E-state index is 0.226. The zero-order chi connectivity index (χ0) is 17.1. The lowest BCUT2D eigenvalue weighted by atomic mass is 9.96. The van der Waals surface area contributed by atoms with E-state index in [9.17, 15) is 5.11 Å². The van der Waals surface area contributed by atoms with Crippen molar-refractivity contribution in [1.82, 2.24) is 4.90 Å². The molecule has 1 saturated heterocycles. The van der Waals surface area contributed by atoms with Crippen LogP contribution < -0.4 is 0 Å². The first kappa shape index (κ1) is 18.7. The molecule has 1 aliphatic rings. The van der Waals surface area contributed by atoms with Crippen LogP contribution in [0.2, 0.25) is 18.1 Å². The first-order valence-electron chi connectivity index (χ1n) is 8.76. The van der Waals surface area contributed by atoms with E-state index in [2.05, 4.69) is 69.1 Å². The molecular formula is C19H33NO2Si. The second-order valence-electron chi connectivity index (χ2n) is 8.46. The van der Waals surface area contributed by atoms with Crippen LogP contribution in [-0.2, 0) is 11.0 Å². The topological polar surface area (TPSA) is 32.7 Å². The third-order valence-corrected chi connectivity index (χ3v) is 9.88. The quantitative estimate of drug-likeness (QED) is 0.829. The summed E-state index contributed by atoms with van der Waals surface area (Å²) in [6.45, 7) is 14.6. The van der Waals surface area contributed by atoms with Gasteiger partial charge in [-0.2, -0.15) is 0 Å². The van der Waals surface area contributed by atoms with Crippen molar-refractivity contribution >= 4 is 8.32 Å². The zero-order valence-corrected chi connectivity index (χ0v) is 16.4. The van der Waals surface area contributed by atoms with E-state index >= 15 is 0 Å². The van der Waals surface area contributed by atoms with Crippen LogP contribution in [0.1, 0.15) is 32.8 Å². The Hall–Kier alpha value is -0.683. The van der Waals surface area contributed by atoms with E-state index in [1.165, 1.54) is 5.56 Å². The van der Waals surface area contributed by atoms with Gasteiger partial charge in [-0.1, -0.05) is 51.1 Å². The average Bonchev–Trinajstić information content (AvgIpc) is 2.46. The molecule has 1 aliphatic heterocycles. The molecule has 0 aromatic heterocycles. The number of aliphatic hydroxyl groups is 1. The highest BCUT2D eigenvalue weighted by Crippen LogP contribution is 2.38. The molecule has 130 valence electrons. The van der Waals surface area contributed by atoms with Gasteiger partial charge in [-0.05, 0) is 36.0 Å². The molecule has 23 heavy (non-hydrogen) atoms. The molecule has 1 aromatic rings. The van der Waals surface area contributed by atoms with E-state index in [4.69, 9.17) is 4.43 Å². The third-order valence-electron chi connectivity index (χ3n) is 5.35. The van der Waals surface area contributed by atoms with Gasteiger partial charge in [0, 0.05) is 26.2 Å². The summed E-state index contributed by atoms with van der Waals surface area (Å²) in [5, 5.41) is 9.91. The number of benzene rings is 1. The number of hydrogen-bond acceptors (Lipinski definition) is 3. The van der Waals surface area contributed by atoms with E-state index in [0.717, 1.165) is 26.1 Å². The normalized spacial score (nSPS) is 23.9. The van der Waals surface area contributed by atoms with Crippen molar-refractivity contribution in [2.45, 2.75) is 58.0 Å². The second kappa shape index (κ2) is 7.47. The number of likely N-dealkylation sites (tertiary alicyclic amines) is 1. The van der Waals surface area contributed by atoms with Gasteiger partial charge in [0.2, 0.25) is 0 Å². The van der Waals surface area contributed by atoms with Gasteiger partial charge in [0.1, 0.15) is 0 Å². The van der Waals surface area contributed by atoms with Crippen molar-refractivity contribution in [3.63, 3.8) is 0 Å². The van der Waals surface area contributed by atoms with Crippen LogP contribution in [-0.4, -0.2) is 44.1 Å². The number of rotatable bonds is 5. The van der Waals surface area contributed by atoms with Crippen molar-refractivity contribution in [3.05, 3.63) is 35.9 Å². The van der Waals surface area contributed by atoms with Gasteiger partial charge in [-0.15, -0.1) is 0 Å². The monoisotopic (exact) mass is 335 g/mol. The molecule has 0 radical (unpaired) electrons. The summed E-state index contributed by atoms with van der Waals surface area (Å²) in [5.41, 5.74) is 1.33. The predicted molar refractivity (Wildman–Crippen MR) is 99.0 cm³/mol. The van der Waals surface area contributed by atoms with Crippen molar-refractivity contribution in [3.8, 4) is 0 Å². The Labute approximate surface area is 142 Å². The maximum Gasteiger partial charge on any atom is 0.192 e. The minimum Gasteiger partial charge on any atom is -0.413 e. The smallest absolute Gasteiger partial charge is 0.192 e. The Morgan fingerprint density at radius 3 is 2.39 bits per heavy atom. The Balaban J connectivity index is 2.03. The maximum absolute atomic E-state index is 9.68. The number of hydrogen-bond donors (Lipinski definition) is 1. The molecule has 1 aromatic carbocycles. The molecule has 0 aliphatic carbocycles. The van der Waals surface area contributed by atoms with Gasteiger partial charge in [-0.25, -0.2) is 0 Å². The lowest BCUT2D eigenvalue weighted by Crippen LogP contribution is -2.51. The molecule has 0 bridgehead atoms. The standard InChI is InChI=1S/C19H33NO2Si/c1-19(2,3)23(4,5)22-18-11-17(15-21)13-20(14-18)12-16-9-7-6-8-10-16/h6-10,17-18,21H,11-15H2,1-5H3/t17-,18-/m1/s1. The van der Waals surface area contributed by atoms with Crippen LogP contribution in [0, 0.1) is 5.92 Å². The first-order valence-corrected chi connectivity index (χ1v) is 11.7. The molecule has 4 heteroatoms. The Kier molecular flexibility index (Phi) is 6.06. The molecule has 0 unspecified atom stereocenters. The number of nitrogens with zero attached hydrogens (tertiary/aromatic N) is 1. The fourth-order valence-electron chi connectivity index (χ4n) is 3.03. The van der Waals surface area contributed by atoms with Crippen LogP contribution >= 0.6 is 0 Å². The predicted octanol–water partition coefficient (Wildman–Crippen LogP) is 3.89. The molecule has 1 N–H and O–H groups in total. The fraction of sp³-hybridized carbons (Fsp3) is 0.684. The van der Waals surface area contributed by atoms with Gasteiger partial charge in [0.15, 0.2) is 8.32 Å². The zero-order valence-electron chi connectivity index (χ0n) is 15.4. The summed E-state index contributed by atoms with van der Waals surface area (Å²) in [7, 11) is -1.76. The van der Waals surface area contributed by atoms with Crippen molar-refractivity contribution in [1.29, 1.82) is 0 Å². The molecule has 0 spiro atoms. The highest BCUT2D eigenvalue weighted by Gasteiger charge is 2.40. The lowest BCUT2D eigenvalue weighted by Gasteiger charge is -2.44. The van der Waals surface area contributed by atoms with Crippen LogP contribution in [0.3, 0.4) is 0 Å². The summed E-state index contributed by atoms with van der Waals surface area (Å²) < 4.78 is 6.63. The van der Waals surface area contributed by atoms with Gasteiger partial charge in [-0.3, -0.25) is 4.90 Å². The van der Waals surface area contributed by atoms with Crippen molar-refractivity contribution in [2.24, 2.45) is 5.92 Å². The summed E-state index contributed by atoms with van der Waals surface area (Å²) >= 11 is 0. The molecule has 2 rings (SSSR count). The van der Waals surface area contributed by atoms with Crippen molar-refractivity contribution < 1.29 is 9.53 Å². The summed E-state index contributed by atoms with van der Waals surface area (Å²) in [5.74, 6) is 0.322. The first-order chi connectivity index (χ1) is 10.7. The van der Waals surface area contributed by atoms with Crippen molar-refractivity contribution in [2.75, 3.05) is 19.7 Å². The highest BCUT2D eigenvalue weighted by atomic mass is 28.4. The van der Waals surface area contributed by atoms with Crippen LogP contribution in [0.25, 0.3) is 0 Å². The third kappa shape index (κ3) is 5.15. The molecule has 0 amide bonds. The summed E-state index contributed by atoms with van der Waals surface area (Å²) in [4.78, 5) is 2.44. The van der Waals surface area contributed by atoms with E-state index in [1.807, 2.05) is 0 Å². The lowest BCUT2D eigenvalue weighted by molar-refractivity contribution is 0.0239. The van der Waals surface area contributed by atoms with E-state index < -0.39 is 8.32 Å².